The molecule has 0 radical (unpaired) electrons. The van der Waals surface area contributed by atoms with Crippen LogP contribution in [0.1, 0.15) is 5.56 Å². The number of ether oxygens (including phenoxy) is 1. The molecular formula is C13H12N4O2. The number of rotatable bonds is 4. The number of nitriles is 1. The molecule has 0 aliphatic carbocycles. The summed E-state index contributed by atoms with van der Waals surface area (Å²) in [5.41, 5.74) is 1.17. The van der Waals surface area contributed by atoms with Crippen molar-refractivity contribution in [2.24, 2.45) is 7.05 Å². The maximum Gasteiger partial charge on any atom is 0.262 e. The first kappa shape index (κ1) is 12.6. The van der Waals surface area contributed by atoms with Crippen molar-refractivity contribution in [1.82, 2.24) is 9.78 Å². The predicted octanol–water partition coefficient (Wildman–Crippen LogP) is 1.31. The van der Waals surface area contributed by atoms with E-state index in [1.54, 1.807) is 48.4 Å². The normalized spacial score (nSPS) is 9.68. The van der Waals surface area contributed by atoms with Gasteiger partial charge in [-0.2, -0.15) is 10.4 Å². The molecule has 0 spiro atoms. The van der Waals surface area contributed by atoms with Crippen molar-refractivity contribution in [2.45, 2.75) is 0 Å². The van der Waals surface area contributed by atoms with Crippen LogP contribution < -0.4 is 10.1 Å². The maximum absolute atomic E-state index is 11.6. The van der Waals surface area contributed by atoms with Gasteiger partial charge in [-0.25, -0.2) is 0 Å². The number of amides is 1. The van der Waals surface area contributed by atoms with E-state index in [-0.39, 0.29) is 12.5 Å². The van der Waals surface area contributed by atoms with Crippen LogP contribution in [0.5, 0.6) is 5.75 Å². The summed E-state index contributed by atoms with van der Waals surface area (Å²) < 4.78 is 6.89. The van der Waals surface area contributed by atoms with Crippen molar-refractivity contribution < 1.29 is 9.53 Å². The summed E-state index contributed by atoms with van der Waals surface area (Å²) in [6.07, 6.45) is 3.25. The topological polar surface area (TPSA) is 79.9 Å². The van der Waals surface area contributed by atoms with Gasteiger partial charge in [-0.15, -0.1) is 0 Å². The van der Waals surface area contributed by atoms with E-state index in [1.807, 2.05) is 6.07 Å². The lowest BCUT2D eigenvalue weighted by atomic mass is 10.2. The van der Waals surface area contributed by atoms with Gasteiger partial charge in [0.1, 0.15) is 5.75 Å². The quantitative estimate of drug-likeness (QED) is 0.894. The van der Waals surface area contributed by atoms with E-state index >= 15 is 0 Å². The molecule has 1 amide bonds. The van der Waals surface area contributed by atoms with Crippen LogP contribution in [-0.4, -0.2) is 22.3 Å². The van der Waals surface area contributed by atoms with Crippen LogP contribution in [0.3, 0.4) is 0 Å². The van der Waals surface area contributed by atoms with Crippen LogP contribution in [0, 0.1) is 11.3 Å². The van der Waals surface area contributed by atoms with Crippen molar-refractivity contribution in [3.63, 3.8) is 0 Å². The number of hydrogen-bond acceptors (Lipinski definition) is 4. The van der Waals surface area contributed by atoms with E-state index < -0.39 is 0 Å². The molecule has 0 unspecified atom stereocenters. The van der Waals surface area contributed by atoms with Gasteiger partial charge in [0.15, 0.2) is 6.61 Å². The van der Waals surface area contributed by atoms with Gasteiger partial charge < -0.3 is 10.1 Å². The van der Waals surface area contributed by atoms with E-state index in [4.69, 9.17) is 10.00 Å². The van der Waals surface area contributed by atoms with Crippen LogP contribution in [0.2, 0.25) is 0 Å². The largest absolute Gasteiger partial charge is 0.484 e. The standard InChI is InChI=1S/C13H12N4O2/c1-17-8-11(7-15-17)16-13(18)9-19-12-4-2-10(6-14)3-5-12/h2-5,7-8H,9H2,1H3,(H,16,18). The van der Waals surface area contributed by atoms with Crippen LogP contribution >= 0.6 is 0 Å². The van der Waals surface area contributed by atoms with Gasteiger partial charge >= 0.3 is 0 Å². The molecule has 1 aromatic carbocycles. The second-order valence-electron chi connectivity index (χ2n) is 3.88. The molecule has 6 nitrogen and oxygen atoms in total. The fraction of sp³-hybridized carbons (Fsp3) is 0.154. The SMILES string of the molecule is Cn1cc(NC(=O)COc2ccc(C#N)cc2)cn1. The van der Waals surface area contributed by atoms with Gasteiger partial charge in [-0.05, 0) is 24.3 Å². The van der Waals surface area contributed by atoms with E-state index in [0.717, 1.165) is 0 Å². The lowest BCUT2D eigenvalue weighted by Gasteiger charge is -2.05. The number of benzene rings is 1. The Kier molecular flexibility index (Phi) is 3.78. The lowest BCUT2D eigenvalue weighted by molar-refractivity contribution is -0.118. The zero-order valence-corrected chi connectivity index (χ0v) is 10.3. The third kappa shape index (κ3) is 3.57. The number of aryl methyl sites for hydroxylation is 1. The summed E-state index contributed by atoms with van der Waals surface area (Å²) in [4.78, 5) is 11.6. The monoisotopic (exact) mass is 256 g/mol. The first-order chi connectivity index (χ1) is 9.17. The number of aromatic nitrogens is 2. The third-order valence-corrected chi connectivity index (χ3v) is 2.34. The zero-order valence-electron chi connectivity index (χ0n) is 10.3. The summed E-state index contributed by atoms with van der Waals surface area (Å²) in [6, 6.07) is 8.57. The van der Waals surface area contributed by atoms with E-state index in [2.05, 4.69) is 10.4 Å². The molecule has 1 heterocycles. The minimum absolute atomic E-state index is 0.0964. The minimum atomic E-state index is -0.266. The first-order valence-corrected chi connectivity index (χ1v) is 5.59. The molecule has 0 fully saturated rings. The van der Waals surface area contributed by atoms with E-state index in [9.17, 15) is 4.79 Å². The van der Waals surface area contributed by atoms with Crippen LogP contribution in [0.25, 0.3) is 0 Å². The Hall–Kier alpha value is -2.81. The van der Waals surface area contributed by atoms with Gasteiger partial charge in [0, 0.05) is 13.2 Å². The Morgan fingerprint density at radius 3 is 2.79 bits per heavy atom. The second kappa shape index (κ2) is 5.69. The van der Waals surface area contributed by atoms with Crippen LogP contribution in [-0.2, 0) is 11.8 Å². The molecule has 0 aliphatic heterocycles. The number of hydrogen-bond donors (Lipinski definition) is 1. The molecule has 96 valence electrons. The molecule has 0 bridgehead atoms. The molecule has 0 saturated carbocycles. The van der Waals surface area contributed by atoms with Gasteiger partial charge in [-0.3, -0.25) is 9.48 Å². The summed E-state index contributed by atoms with van der Waals surface area (Å²) >= 11 is 0. The summed E-state index contributed by atoms with van der Waals surface area (Å²) in [5, 5.41) is 15.2. The van der Waals surface area contributed by atoms with Crippen LogP contribution in [0.15, 0.2) is 36.7 Å². The molecule has 0 saturated heterocycles. The Balaban J connectivity index is 1.84. The number of anilines is 1. The molecule has 1 aromatic heterocycles. The van der Waals surface area contributed by atoms with Gasteiger partial charge in [0.25, 0.3) is 5.91 Å². The number of carbonyl (C=O) groups is 1. The Morgan fingerprint density at radius 2 is 2.21 bits per heavy atom. The highest BCUT2D eigenvalue weighted by molar-refractivity contribution is 5.91. The Labute approximate surface area is 110 Å². The van der Waals surface area contributed by atoms with Crippen molar-refractivity contribution in [3.05, 3.63) is 42.2 Å². The Bertz CT molecular complexity index is 610. The molecule has 1 N–H and O–H groups in total. The summed E-state index contributed by atoms with van der Waals surface area (Å²) in [5.74, 6) is 0.276. The third-order valence-electron chi connectivity index (χ3n) is 2.34. The molecule has 19 heavy (non-hydrogen) atoms. The highest BCUT2D eigenvalue weighted by Gasteiger charge is 2.05. The molecular weight excluding hydrogens is 244 g/mol. The average molecular weight is 256 g/mol. The summed E-state index contributed by atoms with van der Waals surface area (Å²) in [6.45, 7) is -0.0964. The van der Waals surface area contributed by atoms with Crippen molar-refractivity contribution in [1.29, 1.82) is 5.26 Å². The highest BCUT2D eigenvalue weighted by atomic mass is 16.5. The molecule has 6 heteroatoms. The van der Waals surface area contributed by atoms with Crippen LogP contribution in [0.4, 0.5) is 5.69 Å². The molecule has 2 aromatic rings. The van der Waals surface area contributed by atoms with Crippen molar-refractivity contribution in [2.75, 3.05) is 11.9 Å². The predicted molar refractivity (Wildman–Crippen MR) is 68.5 cm³/mol. The van der Waals surface area contributed by atoms with Crippen molar-refractivity contribution >= 4 is 11.6 Å². The van der Waals surface area contributed by atoms with Gasteiger partial charge in [-0.1, -0.05) is 0 Å². The average Bonchev–Trinajstić information content (AvgIpc) is 2.82. The molecule has 2 rings (SSSR count). The summed E-state index contributed by atoms with van der Waals surface area (Å²) in [7, 11) is 1.77. The smallest absolute Gasteiger partial charge is 0.262 e. The minimum Gasteiger partial charge on any atom is -0.484 e. The molecule has 0 atom stereocenters. The van der Waals surface area contributed by atoms with E-state index in [1.165, 1.54) is 0 Å². The van der Waals surface area contributed by atoms with Crippen molar-refractivity contribution in [3.8, 4) is 11.8 Å². The first-order valence-electron chi connectivity index (χ1n) is 5.59. The second-order valence-corrected chi connectivity index (χ2v) is 3.88. The number of carbonyl (C=O) groups excluding carboxylic acids is 1. The van der Waals surface area contributed by atoms with Gasteiger partial charge in [0.2, 0.25) is 0 Å². The zero-order chi connectivity index (χ0) is 13.7. The maximum atomic E-state index is 11.6. The van der Waals surface area contributed by atoms with Gasteiger partial charge in [0.05, 0.1) is 23.5 Å². The number of nitrogens with one attached hydrogen (secondary N) is 1. The number of nitrogens with zero attached hydrogens (tertiary/aromatic N) is 3. The van der Waals surface area contributed by atoms with E-state index in [0.29, 0.717) is 17.0 Å². The highest BCUT2D eigenvalue weighted by Crippen LogP contribution is 2.11. The Morgan fingerprint density at radius 1 is 1.47 bits per heavy atom. The fourth-order valence-electron chi connectivity index (χ4n) is 1.46. The lowest BCUT2D eigenvalue weighted by Crippen LogP contribution is -2.19. The fourth-order valence-corrected chi connectivity index (χ4v) is 1.46. The molecule has 0 aliphatic rings.